The van der Waals surface area contributed by atoms with Crippen LogP contribution in [0.15, 0.2) is 16.8 Å². The molecular formula is C13H21NO2S. The van der Waals surface area contributed by atoms with Gasteiger partial charge in [-0.2, -0.15) is 11.3 Å². The minimum Gasteiger partial charge on any atom is -0.387 e. The molecule has 2 rings (SSSR count). The number of aliphatic hydroxyl groups is 1. The Labute approximate surface area is 107 Å². The van der Waals surface area contributed by atoms with Gasteiger partial charge in [0.2, 0.25) is 0 Å². The molecule has 17 heavy (non-hydrogen) atoms. The molecule has 0 radical (unpaired) electrons. The average molecular weight is 255 g/mol. The summed E-state index contributed by atoms with van der Waals surface area (Å²) in [5, 5.41) is 17.1. The van der Waals surface area contributed by atoms with Crippen molar-refractivity contribution in [2.75, 3.05) is 13.1 Å². The van der Waals surface area contributed by atoms with E-state index in [1.807, 2.05) is 16.8 Å². The second-order valence-corrected chi connectivity index (χ2v) is 6.05. The first-order valence-corrected chi connectivity index (χ1v) is 7.10. The van der Waals surface area contributed by atoms with Crippen LogP contribution in [-0.2, 0) is 4.74 Å². The number of nitrogens with one attached hydrogen (secondary N) is 1. The Morgan fingerprint density at radius 2 is 2.47 bits per heavy atom. The molecule has 1 aromatic rings. The molecule has 0 aromatic carbocycles. The van der Waals surface area contributed by atoms with Gasteiger partial charge in [-0.15, -0.1) is 0 Å². The maximum Gasteiger partial charge on any atom is 0.0922 e. The minimum absolute atomic E-state index is 0.0261. The zero-order valence-corrected chi connectivity index (χ0v) is 11.3. The van der Waals surface area contributed by atoms with E-state index in [1.54, 1.807) is 11.3 Å². The molecule has 0 bridgehead atoms. The van der Waals surface area contributed by atoms with Crippen LogP contribution in [0.5, 0.6) is 0 Å². The van der Waals surface area contributed by atoms with Crippen LogP contribution in [0.25, 0.3) is 0 Å². The topological polar surface area (TPSA) is 41.5 Å². The van der Waals surface area contributed by atoms with Crippen LogP contribution in [0.4, 0.5) is 0 Å². The highest BCUT2D eigenvalue weighted by Crippen LogP contribution is 2.28. The number of aliphatic hydroxyl groups excluding tert-OH is 1. The molecule has 1 fully saturated rings. The molecule has 2 N–H and O–H groups in total. The zero-order chi connectivity index (χ0) is 12.3. The normalized spacial score (nSPS) is 25.0. The van der Waals surface area contributed by atoms with E-state index in [2.05, 4.69) is 19.2 Å². The number of rotatable bonds is 5. The smallest absolute Gasteiger partial charge is 0.0922 e. The molecule has 1 aliphatic rings. The van der Waals surface area contributed by atoms with E-state index in [0.29, 0.717) is 12.6 Å². The van der Waals surface area contributed by atoms with Gasteiger partial charge >= 0.3 is 0 Å². The number of thiophene rings is 1. The lowest BCUT2D eigenvalue weighted by atomic mass is 10.1. The summed E-state index contributed by atoms with van der Waals surface area (Å²) in [5.74, 6) is 0. The second kappa shape index (κ2) is 5.48. The Bertz CT molecular complexity index is 337. The van der Waals surface area contributed by atoms with Crippen LogP contribution in [-0.4, -0.2) is 29.9 Å². The molecule has 2 atom stereocenters. The third-order valence-electron chi connectivity index (χ3n) is 3.19. The van der Waals surface area contributed by atoms with Gasteiger partial charge in [0, 0.05) is 13.1 Å². The van der Waals surface area contributed by atoms with E-state index in [9.17, 15) is 5.11 Å². The fraction of sp³-hybridized carbons (Fsp3) is 0.692. The molecule has 96 valence electrons. The lowest BCUT2D eigenvalue weighted by Gasteiger charge is -2.20. The Morgan fingerprint density at radius 1 is 1.65 bits per heavy atom. The quantitative estimate of drug-likeness (QED) is 0.848. The van der Waals surface area contributed by atoms with Crippen LogP contribution >= 0.6 is 11.3 Å². The number of hydrogen-bond acceptors (Lipinski definition) is 4. The van der Waals surface area contributed by atoms with Gasteiger partial charge in [0.15, 0.2) is 0 Å². The van der Waals surface area contributed by atoms with Gasteiger partial charge in [-0.05, 0) is 49.1 Å². The summed E-state index contributed by atoms with van der Waals surface area (Å²) in [5.41, 5.74) is 1.02. The highest BCUT2D eigenvalue weighted by molar-refractivity contribution is 7.07. The maximum atomic E-state index is 9.89. The Morgan fingerprint density at radius 3 is 3.06 bits per heavy atom. The summed E-state index contributed by atoms with van der Waals surface area (Å²) in [4.78, 5) is 0. The molecule has 4 heteroatoms. The maximum absolute atomic E-state index is 9.89. The molecule has 1 saturated heterocycles. The van der Waals surface area contributed by atoms with Crippen LogP contribution in [0.2, 0.25) is 0 Å². The highest BCUT2D eigenvalue weighted by atomic mass is 32.1. The van der Waals surface area contributed by atoms with Gasteiger partial charge in [-0.3, -0.25) is 0 Å². The fourth-order valence-corrected chi connectivity index (χ4v) is 2.89. The first-order valence-electron chi connectivity index (χ1n) is 6.15. The second-order valence-electron chi connectivity index (χ2n) is 5.27. The van der Waals surface area contributed by atoms with Crippen molar-refractivity contribution in [3.8, 4) is 0 Å². The van der Waals surface area contributed by atoms with Gasteiger partial charge in [0.1, 0.15) is 0 Å². The Hall–Kier alpha value is -0.420. The van der Waals surface area contributed by atoms with E-state index in [0.717, 1.165) is 24.9 Å². The molecule has 1 aromatic heterocycles. The Kier molecular flexibility index (Phi) is 4.20. The third-order valence-corrected chi connectivity index (χ3v) is 3.89. The number of hydrogen-bond donors (Lipinski definition) is 2. The van der Waals surface area contributed by atoms with E-state index in [4.69, 9.17) is 4.74 Å². The first kappa shape index (κ1) is 13.0. The van der Waals surface area contributed by atoms with Crippen molar-refractivity contribution >= 4 is 11.3 Å². The summed E-state index contributed by atoms with van der Waals surface area (Å²) >= 11 is 1.61. The molecular weight excluding hydrogens is 234 g/mol. The van der Waals surface area contributed by atoms with Crippen molar-refractivity contribution in [3.05, 3.63) is 22.4 Å². The predicted octanol–water partition coefficient (Wildman–Crippen LogP) is 2.33. The summed E-state index contributed by atoms with van der Waals surface area (Å²) in [7, 11) is 0. The van der Waals surface area contributed by atoms with Gasteiger partial charge in [-0.1, -0.05) is 0 Å². The van der Waals surface area contributed by atoms with Crippen molar-refractivity contribution in [1.82, 2.24) is 5.32 Å². The average Bonchev–Trinajstić information content (AvgIpc) is 2.87. The van der Waals surface area contributed by atoms with Crippen molar-refractivity contribution < 1.29 is 9.84 Å². The van der Waals surface area contributed by atoms with Crippen molar-refractivity contribution in [1.29, 1.82) is 0 Å². The summed E-state index contributed by atoms with van der Waals surface area (Å²) < 4.78 is 5.88. The summed E-state index contributed by atoms with van der Waals surface area (Å²) in [6.45, 7) is 5.68. The lowest BCUT2D eigenvalue weighted by molar-refractivity contribution is -0.0150. The molecule has 0 saturated carbocycles. The van der Waals surface area contributed by atoms with E-state index in [-0.39, 0.29) is 5.60 Å². The zero-order valence-electron chi connectivity index (χ0n) is 10.5. The summed E-state index contributed by atoms with van der Waals surface area (Å²) in [6, 6.07) is 1.96. The van der Waals surface area contributed by atoms with Gasteiger partial charge in [0.05, 0.1) is 17.8 Å². The van der Waals surface area contributed by atoms with Gasteiger partial charge in [-0.25, -0.2) is 0 Å². The standard InChI is InChI=1S/C13H21NO2S/c1-13(2)5-3-11(16-13)7-14-8-12(15)10-4-6-17-9-10/h4,6,9,11-12,14-15H,3,5,7-8H2,1-2H3. The molecule has 0 aliphatic carbocycles. The van der Waals surface area contributed by atoms with E-state index in [1.165, 1.54) is 0 Å². The van der Waals surface area contributed by atoms with Crippen LogP contribution < -0.4 is 5.32 Å². The largest absolute Gasteiger partial charge is 0.387 e. The lowest BCUT2D eigenvalue weighted by Crippen LogP contribution is -2.31. The predicted molar refractivity (Wildman–Crippen MR) is 70.3 cm³/mol. The minimum atomic E-state index is -0.407. The highest BCUT2D eigenvalue weighted by Gasteiger charge is 2.31. The molecule has 2 heterocycles. The monoisotopic (exact) mass is 255 g/mol. The van der Waals surface area contributed by atoms with Crippen LogP contribution in [0.3, 0.4) is 0 Å². The SMILES string of the molecule is CC1(C)CCC(CNCC(O)c2ccsc2)O1. The molecule has 0 spiro atoms. The van der Waals surface area contributed by atoms with Crippen LogP contribution in [0, 0.1) is 0 Å². The molecule has 2 unspecified atom stereocenters. The Balaban J connectivity index is 1.67. The van der Waals surface area contributed by atoms with E-state index >= 15 is 0 Å². The van der Waals surface area contributed by atoms with Crippen molar-refractivity contribution in [2.24, 2.45) is 0 Å². The van der Waals surface area contributed by atoms with Crippen molar-refractivity contribution in [2.45, 2.75) is 44.5 Å². The summed E-state index contributed by atoms with van der Waals surface area (Å²) in [6.07, 6.45) is 2.11. The third kappa shape index (κ3) is 3.78. The molecule has 1 aliphatic heterocycles. The van der Waals surface area contributed by atoms with Crippen LogP contribution in [0.1, 0.15) is 38.4 Å². The van der Waals surface area contributed by atoms with E-state index < -0.39 is 6.10 Å². The molecule has 0 amide bonds. The van der Waals surface area contributed by atoms with Gasteiger partial charge in [0.25, 0.3) is 0 Å². The van der Waals surface area contributed by atoms with Gasteiger partial charge < -0.3 is 15.2 Å². The fourth-order valence-electron chi connectivity index (χ4n) is 2.18. The number of ether oxygens (including phenoxy) is 1. The first-order chi connectivity index (χ1) is 8.07. The van der Waals surface area contributed by atoms with Crippen molar-refractivity contribution in [3.63, 3.8) is 0 Å². The molecule has 3 nitrogen and oxygen atoms in total.